The monoisotopic (exact) mass is 454 g/mol. The summed E-state index contributed by atoms with van der Waals surface area (Å²) >= 11 is 3.80. The smallest absolute Gasteiger partial charge is 0.194 e. The van der Waals surface area contributed by atoms with Crippen LogP contribution in [-0.2, 0) is 6.54 Å². The second-order valence-electron chi connectivity index (χ2n) is 5.95. The molecule has 1 aromatic rings. The number of aromatic nitrogens is 1. The van der Waals surface area contributed by atoms with Crippen molar-refractivity contribution in [3.63, 3.8) is 0 Å². The lowest BCUT2D eigenvalue weighted by molar-refractivity contribution is 0.376. The van der Waals surface area contributed by atoms with Crippen LogP contribution in [0.5, 0.6) is 0 Å². The van der Waals surface area contributed by atoms with Gasteiger partial charge in [-0.15, -0.1) is 35.3 Å². The van der Waals surface area contributed by atoms with Gasteiger partial charge < -0.3 is 10.2 Å². The van der Waals surface area contributed by atoms with Crippen molar-refractivity contribution >= 4 is 53.0 Å². The normalized spacial score (nSPS) is 18.0. The zero-order valence-electron chi connectivity index (χ0n) is 14.1. The van der Waals surface area contributed by atoms with Gasteiger partial charge in [-0.25, -0.2) is 9.98 Å². The van der Waals surface area contributed by atoms with Gasteiger partial charge in [-0.1, -0.05) is 0 Å². The van der Waals surface area contributed by atoms with Gasteiger partial charge in [0.2, 0.25) is 0 Å². The van der Waals surface area contributed by atoms with E-state index in [1.54, 1.807) is 11.3 Å². The Labute approximate surface area is 159 Å². The van der Waals surface area contributed by atoms with E-state index in [0.717, 1.165) is 42.0 Å². The first-order valence-corrected chi connectivity index (χ1v) is 9.31. The van der Waals surface area contributed by atoms with Crippen LogP contribution in [-0.4, -0.2) is 46.0 Å². The van der Waals surface area contributed by atoms with Crippen molar-refractivity contribution in [3.05, 3.63) is 15.6 Å². The molecule has 2 heterocycles. The van der Waals surface area contributed by atoms with E-state index in [9.17, 15) is 0 Å². The van der Waals surface area contributed by atoms with Crippen molar-refractivity contribution in [1.29, 1.82) is 0 Å². The topological polar surface area (TPSA) is 40.5 Å². The van der Waals surface area contributed by atoms with Crippen molar-refractivity contribution < 1.29 is 0 Å². The van der Waals surface area contributed by atoms with Crippen LogP contribution in [0.1, 0.15) is 36.3 Å². The summed E-state index contributed by atoms with van der Waals surface area (Å²) in [7, 11) is 0. The first-order chi connectivity index (χ1) is 9.91. The maximum atomic E-state index is 4.80. The molecule has 22 heavy (non-hydrogen) atoms. The summed E-state index contributed by atoms with van der Waals surface area (Å²) in [6.07, 6.45) is 0. The first-order valence-electron chi connectivity index (χ1n) is 7.51. The number of thioether (sulfide) groups is 1. The number of hydrogen-bond donors (Lipinski definition) is 1. The van der Waals surface area contributed by atoms with E-state index < -0.39 is 0 Å². The van der Waals surface area contributed by atoms with Crippen LogP contribution in [0, 0.1) is 13.8 Å². The van der Waals surface area contributed by atoms with E-state index in [-0.39, 0.29) is 24.0 Å². The van der Waals surface area contributed by atoms with E-state index in [2.05, 4.69) is 49.8 Å². The zero-order valence-corrected chi connectivity index (χ0v) is 18.1. The molecule has 0 aromatic carbocycles. The third-order valence-corrected chi connectivity index (χ3v) is 5.85. The molecule has 0 bridgehead atoms. The molecule has 0 unspecified atom stereocenters. The predicted molar refractivity (Wildman–Crippen MR) is 110 cm³/mol. The Bertz CT molecular complexity index is 494. The predicted octanol–water partition coefficient (Wildman–Crippen LogP) is 3.67. The van der Waals surface area contributed by atoms with Crippen LogP contribution in [0.4, 0.5) is 0 Å². The maximum Gasteiger partial charge on any atom is 0.194 e. The Kier molecular flexibility index (Phi) is 7.94. The van der Waals surface area contributed by atoms with Gasteiger partial charge in [0.15, 0.2) is 5.96 Å². The standard InChI is InChI=1S/C15H26N4S2.HI/c1-6-16-14(19-7-8-20-15(4,5)10-19)17-9-13-18-11(2)12(3)21-13;/h6-10H2,1-5H3,(H,16,17);1H. The van der Waals surface area contributed by atoms with Gasteiger partial charge in [0.25, 0.3) is 0 Å². The van der Waals surface area contributed by atoms with Gasteiger partial charge in [0, 0.05) is 35.0 Å². The molecular formula is C15H27IN4S2. The summed E-state index contributed by atoms with van der Waals surface area (Å²) in [4.78, 5) is 13.0. The number of aliphatic imine (C=N–C) groups is 1. The molecule has 2 rings (SSSR count). The molecule has 1 fully saturated rings. The van der Waals surface area contributed by atoms with Gasteiger partial charge in [-0.2, -0.15) is 11.8 Å². The van der Waals surface area contributed by atoms with Crippen LogP contribution in [0.3, 0.4) is 0 Å². The molecule has 1 N–H and O–H groups in total. The van der Waals surface area contributed by atoms with Crippen LogP contribution >= 0.6 is 47.1 Å². The van der Waals surface area contributed by atoms with E-state index in [4.69, 9.17) is 4.99 Å². The Hall–Kier alpha value is -0.0200. The van der Waals surface area contributed by atoms with Gasteiger partial charge in [0.05, 0.1) is 12.2 Å². The van der Waals surface area contributed by atoms with Crippen LogP contribution in [0.25, 0.3) is 0 Å². The van der Waals surface area contributed by atoms with E-state index >= 15 is 0 Å². The highest BCUT2D eigenvalue weighted by Gasteiger charge is 2.28. The van der Waals surface area contributed by atoms with Gasteiger partial charge >= 0.3 is 0 Å². The van der Waals surface area contributed by atoms with E-state index in [0.29, 0.717) is 11.3 Å². The average molecular weight is 454 g/mol. The molecule has 4 nitrogen and oxygen atoms in total. The third-order valence-electron chi connectivity index (χ3n) is 3.50. The van der Waals surface area contributed by atoms with Gasteiger partial charge in [0.1, 0.15) is 5.01 Å². The molecule has 7 heteroatoms. The number of halogens is 1. The van der Waals surface area contributed by atoms with E-state index in [1.807, 2.05) is 11.8 Å². The highest BCUT2D eigenvalue weighted by Crippen LogP contribution is 2.29. The number of nitrogens with zero attached hydrogens (tertiary/aromatic N) is 3. The Balaban J connectivity index is 0.00000242. The van der Waals surface area contributed by atoms with Crippen LogP contribution in [0.15, 0.2) is 4.99 Å². The molecule has 126 valence electrons. The molecule has 1 saturated heterocycles. The molecular weight excluding hydrogens is 427 g/mol. The molecule has 0 aliphatic carbocycles. The molecule has 1 aliphatic heterocycles. The average Bonchev–Trinajstić information content (AvgIpc) is 2.72. The van der Waals surface area contributed by atoms with Gasteiger partial charge in [-0.3, -0.25) is 0 Å². The fourth-order valence-electron chi connectivity index (χ4n) is 2.37. The van der Waals surface area contributed by atoms with Crippen LogP contribution in [0.2, 0.25) is 0 Å². The minimum atomic E-state index is 0. The van der Waals surface area contributed by atoms with Crippen molar-refractivity contribution in [1.82, 2.24) is 15.2 Å². The Morgan fingerprint density at radius 1 is 1.41 bits per heavy atom. The highest BCUT2D eigenvalue weighted by molar-refractivity contribution is 14.0. The number of thiazole rings is 1. The lowest BCUT2D eigenvalue weighted by Crippen LogP contribution is -2.50. The first kappa shape index (κ1) is 20.0. The minimum Gasteiger partial charge on any atom is -0.357 e. The lowest BCUT2D eigenvalue weighted by atomic mass is 10.2. The summed E-state index contributed by atoms with van der Waals surface area (Å²) in [5.74, 6) is 2.18. The number of hydrogen-bond acceptors (Lipinski definition) is 4. The second-order valence-corrected chi connectivity index (χ2v) is 9.04. The van der Waals surface area contributed by atoms with Crippen molar-refractivity contribution in [3.8, 4) is 0 Å². The van der Waals surface area contributed by atoms with E-state index in [1.165, 1.54) is 4.88 Å². The molecule has 0 radical (unpaired) electrons. The van der Waals surface area contributed by atoms with Crippen molar-refractivity contribution in [2.24, 2.45) is 4.99 Å². The van der Waals surface area contributed by atoms with Crippen molar-refractivity contribution in [2.75, 3.05) is 25.4 Å². The largest absolute Gasteiger partial charge is 0.357 e. The zero-order chi connectivity index (χ0) is 15.5. The maximum absolute atomic E-state index is 4.80. The quantitative estimate of drug-likeness (QED) is 0.430. The van der Waals surface area contributed by atoms with Crippen molar-refractivity contribution in [2.45, 2.75) is 45.9 Å². The third kappa shape index (κ3) is 5.56. The number of nitrogens with one attached hydrogen (secondary N) is 1. The number of aryl methyl sites for hydroxylation is 2. The molecule has 0 spiro atoms. The highest BCUT2D eigenvalue weighted by atomic mass is 127. The van der Waals surface area contributed by atoms with Gasteiger partial charge in [-0.05, 0) is 34.6 Å². The summed E-state index contributed by atoms with van der Waals surface area (Å²) < 4.78 is 0.294. The molecule has 1 aromatic heterocycles. The SMILES string of the molecule is CCNC(=NCc1nc(C)c(C)s1)N1CCSC(C)(C)C1.I. The Morgan fingerprint density at radius 3 is 2.68 bits per heavy atom. The summed E-state index contributed by atoms with van der Waals surface area (Å²) in [6.45, 7) is 14.6. The number of guanidine groups is 1. The molecule has 0 amide bonds. The molecule has 0 atom stereocenters. The lowest BCUT2D eigenvalue weighted by Gasteiger charge is -2.39. The summed E-state index contributed by atoms with van der Waals surface area (Å²) in [5.41, 5.74) is 1.13. The second kappa shape index (κ2) is 8.73. The molecule has 0 saturated carbocycles. The fourth-order valence-corrected chi connectivity index (χ4v) is 4.34. The summed E-state index contributed by atoms with van der Waals surface area (Å²) in [5, 5.41) is 4.53. The van der Waals surface area contributed by atoms with Crippen LogP contribution < -0.4 is 5.32 Å². The molecule has 1 aliphatic rings. The summed E-state index contributed by atoms with van der Waals surface area (Å²) in [6, 6.07) is 0. The number of rotatable bonds is 3. The Morgan fingerprint density at radius 2 is 2.14 bits per heavy atom. The minimum absolute atomic E-state index is 0. The fraction of sp³-hybridized carbons (Fsp3) is 0.733.